The Morgan fingerprint density at radius 3 is 2.94 bits per heavy atom. The summed E-state index contributed by atoms with van der Waals surface area (Å²) in [5.74, 6) is -0.651. The van der Waals surface area contributed by atoms with Crippen LogP contribution >= 0.6 is 11.6 Å². The monoisotopic (exact) mass is 254 g/mol. The van der Waals surface area contributed by atoms with Crippen molar-refractivity contribution in [3.05, 3.63) is 34.9 Å². The van der Waals surface area contributed by atoms with Crippen molar-refractivity contribution in [1.29, 1.82) is 0 Å². The number of carboxylic acid groups (broad SMARTS) is 1. The van der Waals surface area contributed by atoms with E-state index < -0.39 is 12.1 Å². The van der Waals surface area contributed by atoms with E-state index in [0.717, 1.165) is 0 Å². The molecule has 17 heavy (non-hydrogen) atoms. The van der Waals surface area contributed by atoms with Gasteiger partial charge in [0, 0.05) is 12.6 Å². The molecule has 2 heterocycles. The third kappa shape index (κ3) is 2.11. The summed E-state index contributed by atoms with van der Waals surface area (Å²) < 4.78 is 1.60. The molecule has 1 atom stereocenters. The molecule has 0 saturated carbocycles. The largest absolute Gasteiger partial charge is 0.476 e. The van der Waals surface area contributed by atoms with Gasteiger partial charge in [0.1, 0.15) is 5.82 Å². The van der Waals surface area contributed by atoms with E-state index in [-0.39, 0.29) is 12.1 Å². The van der Waals surface area contributed by atoms with Crippen LogP contribution in [0.2, 0.25) is 5.02 Å². The predicted octanol–water partition coefficient (Wildman–Crippen LogP) is 1.61. The second kappa shape index (κ2) is 4.35. The number of aromatic nitrogens is 2. The van der Waals surface area contributed by atoms with Gasteiger partial charge in [-0.3, -0.25) is 0 Å². The van der Waals surface area contributed by atoms with Crippen LogP contribution in [0.1, 0.15) is 23.2 Å². The fourth-order valence-electron chi connectivity index (χ4n) is 1.72. The lowest BCUT2D eigenvalue weighted by molar-refractivity contribution is 0.0693. The minimum absolute atomic E-state index is 0.0914. The molecule has 0 aliphatic rings. The maximum Gasteiger partial charge on any atom is 0.356 e. The first-order chi connectivity index (χ1) is 8.00. The van der Waals surface area contributed by atoms with E-state index >= 15 is 0 Å². The van der Waals surface area contributed by atoms with Crippen molar-refractivity contribution in [3.63, 3.8) is 0 Å². The Hall–Kier alpha value is -1.59. The molecular formula is C11H11ClN2O3. The molecule has 6 heteroatoms. The van der Waals surface area contributed by atoms with Crippen molar-refractivity contribution < 1.29 is 15.0 Å². The van der Waals surface area contributed by atoms with Crippen LogP contribution in [0.25, 0.3) is 5.52 Å². The molecule has 0 saturated heterocycles. The van der Waals surface area contributed by atoms with Gasteiger partial charge in [0.2, 0.25) is 0 Å². The molecule has 0 fully saturated rings. The summed E-state index contributed by atoms with van der Waals surface area (Å²) in [6.07, 6.45) is 1.36. The second-order valence-corrected chi connectivity index (χ2v) is 4.22. The Labute approximate surface area is 102 Å². The Kier molecular flexibility index (Phi) is 3.04. The number of rotatable bonds is 3. The Balaban J connectivity index is 2.71. The van der Waals surface area contributed by atoms with Gasteiger partial charge in [-0.25, -0.2) is 9.78 Å². The van der Waals surface area contributed by atoms with E-state index in [0.29, 0.717) is 16.4 Å². The van der Waals surface area contributed by atoms with Crippen molar-refractivity contribution in [1.82, 2.24) is 9.38 Å². The molecule has 2 rings (SSSR count). The summed E-state index contributed by atoms with van der Waals surface area (Å²) in [6.45, 7) is 1.62. The maximum absolute atomic E-state index is 11.1. The number of hydrogen-bond donors (Lipinski definition) is 2. The number of carboxylic acids is 1. The van der Waals surface area contributed by atoms with E-state index in [1.807, 2.05) is 0 Å². The zero-order chi connectivity index (χ0) is 12.6. The van der Waals surface area contributed by atoms with Crippen LogP contribution in [-0.2, 0) is 6.42 Å². The summed E-state index contributed by atoms with van der Waals surface area (Å²) in [4.78, 5) is 15.1. The van der Waals surface area contributed by atoms with Gasteiger partial charge < -0.3 is 14.6 Å². The van der Waals surface area contributed by atoms with E-state index in [4.69, 9.17) is 16.7 Å². The van der Waals surface area contributed by atoms with Gasteiger partial charge in [0.25, 0.3) is 0 Å². The number of hydrogen-bond acceptors (Lipinski definition) is 3. The number of halogens is 1. The molecule has 0 amide bonds. The molecule has 0 bridgehead atoms. The summed E-state index contributed by atoms with van der Waals surface area (Å²) in [5, 5.41) is 18.7. The molecule has 90 valence electrons. The molecule has 2 aromatic rings. The highest BCUT2D eigenvalue weighted by molar-refractivity contribution is 6.34. The van der Waals surface area contributed by atoms with Crippen LogP contribution in [0.4, 0.5) is 0 Å². The predicted molar refractivity (Wildman–Crippen MR) is 62.5 cm³/mol. The van der Waals surface area contributed by atoms with Gasteiger partial charge in [-0.15, -0.1) is 0 Å². The Morgan fingerprint density at radius 2 is 2.35 bits per heavy atom. The standard InChI is InChI=1S/C11H11ClN2O3/c1-6(15)5-8-13-9(11(16)17)10-7(12)3-2-4-14(8)10/h2-4,6,15H,5H2,1H3,(H,16,17). The molecule has 0 aliphatic heterocycles. The average Bonchev–Trinajstić information content (AvgIpc) is 2.58. The van der Waals surface area contributed by atoms with Crippen LogP contribution < -0.4 is 0 Å². The number of pyridine rings is 1. The minimum atomic E-state index is -1.13. The zero-order valence-electron chi connectivity index (χ0n) is 9.09. The highest BCUT2D eigenvalue weighted by Gasteiger charge is 2.19. The number of imidazole rings is 1. The van der Waals surface area contributed by atoms with Gasteiger partial charge in [-0.05, 0) is 19.1 Å². The molecule has 0 aliphatic carbocycles. The quantitative estimate of drug-likeness (QED) is 0.873. The second-order valence-electron chi connectivity index (χ2n) is 3.81. The molecule has 1 unspecified atom stereocenters. The highest BCUT2D eigenvalue weighted by atomic mass is 35.5. The lowest BCUT2D eigenvalue weighted by Crippen LogP contribution is -2.07. The van der Waals surface area contributed by atoms with Gasteiger partial charge in [0.05, 0.1) is 16.6 Å². The third-order valence-corrected chi connectivity index (χ3v) is 2.67. The van der Waals surface area contributed by atoms with Gasteiger partial charge in [0.15, 0.2) is 5.69 Å². The van der Waals surface area contributed by atoms with Crippen molar-refractivity contribution in [3.8, 4) is 0 Å². The summed E-state index contributed by atoms with van der Waals surface area (Å²) in [5.41, 5.74) is 0.267. The fraction of sp³-hybridized carbons (Fsp3) is 0.273. The highest BCUT2D eigenvalue weighted by Crippen LogP contribution is 2.23. The SMILES string of the molecule is CC(O)Cc1nc(C(=O)O)c2c(Cl)cccn12. The zero-order valence-corrected chi connectivity index (χ0v) is 9.85. The molecular weight excluding hydrogens is 244 g/mol. The Bertz CT molecular complexity index is 577. The number of aromatic carboxylic acids is 1. The number of nitrogens with zero attached hydrogens (tertiary/aromatic N) is 2. The average molecular weight is 255 g/mol. The van der Waals surface area contributed by atoms with Crippen LogP contribution in [0.15, 0.2) is 18.3 Å². The van der Waals surface area contributed by atoms with Gasteiger partial charge in [-0.2, -0.15) is 0 Å². The van der Waals surface area contributed by atoms with Crippen molar-refractivity contribution >= 4 is 23.1 Å². The fourth-order valence-corrected chi connectivity index (χ4v) is 1.97. The van der Waals surface area contributed by atoms with Crippen LogP contribution in [0.5, 0.6) is 0 Å². The first-order valence-corrected chi connectivity index (χ1v) is 5.45. The van der Waals surface area contributed by atoms with E-state index in [1.165, 1.54) is 0 Å². The van der Waals surface area contributed by atoms with Crippen LogP contribution in [-0.4, -0.2) is 31.7 Å². The summed E-state index contributed by atoms with van der Waals surface area (Å²) in [6, 6.07) is 3.31. The summed E-state index contributed by atoms with van der Waals surface area (Å²) in [7, 11) is 0. The molecule has 2 N–H and O–H groups in total. The molecule has 0 spiro atoms. The number of fused-ring (bicyclic) bond motifs is 1. The molecule has 5 nitrogen and oxygen atoms in total. The maximum atomic E-state index is 11.1. The van der Waals surface area contributed by atoms with Crippen molar-refractivity contribution in [2.24, 2.45) is 0 Å². The number of aliphatic hydroxyl groups is 1. The lowest BCUT2D eigenvalue weighted by atomic mass is 10.3. The Morgan fingerprint density at radius 1 is 1.65 bits per heavy atom. The van der Waals surface area contributed by atoms with E-state index in [2.05, 4.69) is 4.98 Å². The van der Waals surface area contributed by atoms with Crippen LogP contribution in [0, 0.1) is 0 Å². The van der Waals surface area contributed by atoms with Crippen molar-refractivity contribution in [2.75, 3.05) is 0 Å². The molecule has 0 radical (unpaired) electrons. The lowest BCUT2D eigenvalue weighted by Gasteiger charge is -2.03. The molecule has 0 aromatic carbocycles. The molecule has 2 aromatic heterocycles. The smallest absolute Gasteiger partial charge is 0.356 e. The minimum Gasteiger partial charge on any atom is -0.476 e. The normalized spacial score (nSPS) is 12.9. The topological polar surface area (TPSA) is 74.8 Å². The van der Waals surface area contributed by atoms with Gasteiger partial charge >= 0.3 is 5.97 Å². The number of aliphatic hydroxyl groups excluding tert-OH is 1. The third-order valence-electron chi connectivity index (χ3n) is 2.37. The van der Waals surface area contributed by atoms with Gasteiger partial charge in [-0.1, -0.05) is 11.6 Å². The number of carbonyl (C=O) groups is 1. The van der Waals surface area contributed by atoms with Crippen LogP contribution in [0.3, 0.4) is 0 Å². The first-order valence-electron chi connectivity index (χ1n) is 5.07. The van der Waals surface area contributed by atoms with Crippen molar-refractivity contribution in [2.45, 2.75) is 19.4 Å². The van der Waals surface area contributed by atoms with E-state index in [1.54, 1.807) is 29.7 Å². The first kappa shape index (κ1) is 11.9. The summed E-state index contributed by atoms with van der Waals surface area (Å²) >= 11 is 5.97. The van der Waals surface area contributed by atoms with E-state index in [9.17, 15) is 9.90 Å².